The third kappa shape index (κ3) is 11.1. The van der Waals surface area contributed by atoms with Gasteiger partial charge in [-0.15, -0.1) is 0 Å². The van der Waals surface area contributed by atoms with Crippen LogP contribution in [0.4, 0.5) is 9.59 Å². The molecule has 0 spiro atoms. The molecule has 2 saturated carbocycles. The van der Waals surface area contributed by atoms with Crippen molar-refractivity contribution in [3.05, 3.63) is 0 Å². The number of carbonyl (C=O) groups excluding carboxylic acids is 2. The summed E-state index contributed by atoms with van der Waals surface area (Å²) in [5, 5.41) is 21.8. The molecule has 4 amide bonds. The lowest BCUT2D eigenvalue weighted by molar-refractivity contribution is 0.111. The molecule has 6 N–H and O–H groups in total. The number of primary amides is 1. The Hall–Kier alpha value is 0.200. The molecule has 2 atom stereocenters. The van der Waals surface area contributed by atoms with Crippen LogP contribution < -0.4 is 16.4 Å². The van der Waals surface area contributed by atoms with E-state index >= 15 is 0 Å². The van der Waals surface area contributed by atoms with Gasteiger partial charge in [-0.25, -0.2) is 9.59 Å². The zero-order valence-corrected chi connectivity index (χ0v) is 21.9. The highest BCUT2D eigenvalue weighted by molar-refractivity contribution is 6.68. The Morgan fingerprint density at radius 2 is 1.06 bits per heavy atom. The minimum absolute atomic E-state index is 0.182. The van der Waals surface area contributed by atoms with Crippen LogP contribution in [0.1, 0.15) is 64.2 Å². The molecule has 0 radical (unpaired) electrons. The van der Waals surface area contributed by atoms with E-state index in [1.54, 1.807) is 10.6 Å². The first kappa shape index (κ1) is 30.2. The Morgan fingerprint density at radius 3 is 1.31 bits per heavy atom. The van der Waals surface area contributed by atoms with Gasteiger partial charge in [0, 0.05) is 12.1 Å². The number of nitrogens with one attached hydrogen (secondary N) is 2. The van der Waals surface area contributed by atoms with Gasteiger partial charge in [0.05, 0.1) is 0 Å². The Labute approximate surface area is 218 Å². The molecule has 8 nitrogen and oxygen atoms in total. The molecule has 2 aliphatic carbocycles. The summed E-state index contributed by atoms with van der Waals surface area (Å²) >= 11 is 31.5. The van der Waals surface area contributed by atoms with E-state index in [0.717, 1.165) is 0 Å². The average Bonchev–Trinajstić information content (AvgIpc) is 2.68. The number of aliphatic hydroxyl groups is 2. The molecule has 32 heavy (non-hydrogen) atoms. The smallest absolute Gasteiger partial charge is 0.319 e. The first-order valence-corrected chi connectivity index (χ1v) is 12.6. The van der Waals surface area contributed by atoms with E-state index in [1.165, 1.54) is 64.2 Å². The normalized spacial score (nSPS) is 20.4. The summed E-state index contributed by atoms with van der Waals surface area (Å²) in [7, 11) is 0. The van der Waals surface area contributed by atoms with Crippen molar-refractivity contribution in [2.45, 2.75) is 96.3 Å². The molecule has 0 aromatic carbocycles. The van der Waals surface area contributed by atoms with Crippen LogP contribution in [0.2, 0.25) is 0 Å². The first-order chi connectivity index (χ1) is 14.7. The molecule has 0 aromatic heterocycles. The van der Waals surface area contributed by atoms with Crippen molar-refractivity contribution in [1.82, 2.24) is 15.5 Å². The maximum absolute atomic E-state index is 11.6. The van der Waals surface area contributed by atoms with E-state index in [0.29, 0.717) is 12.1 Å². The fraction of sp³-hybridized carbons (Fsp3) is 0.889. The maximum atomic E-state index is 11.6. The molecular formula is C18H30Cl6N4O4. The Balaban J connectivity index is 0.000000320. The van der Waals surface area contributed by atoms with E-state index < -0.39 is 26.1 Å². The summed E-state index contributed by atoms with van der Waals surface area (Å²) < 4.78 is -4.25. The van der Waals surface area contributed by atoms with Crippen LogP contribution in [-0.2, 0) is 0 Å². The highest BCUT2D eigenvalue weighted by atomic mass is 35.6. The van der Waals surface area contributed by atoms with Gasteiger partial charge in [-0.05, 0) is 25.7 Å². The zero-order valence-electron chi connectivity index (χ0n) is 17.4. The van der Waals surface area contributed by atoms with Crippen LogP contribution in [0.3, 0.4) is 0 Å². The molecular weight excluding hydrogens is 549 g/mol. The lowest BCUT2D eigenvalue weighted by Crippen LogP contribution is -2.53. The number of nitrogens with two attached hydrogens (primary N) is 1. The van der Waals surface area contributed by atoms with Crippen molar-refractivity contribution in [3.63, 3.8) is 0 Å². The van der Waals surface area contributed by atoms with Gasteiger partial charge < -0.3 is 31.5 Å². The topological polar surface area (TPSA) is 128 Å². The SMILES string of the molecule is NC(=O)N(C1CCCCC1)C1CCCCC1.O=C(NC(O)C(Cl)(Cl)Cl)NC(O)C(Cl)(Cl)Cl. The zero-order chi connectivity index (χ0) is 24.5. The van der Waals surface area contributed by atoms with Crippen molar-refractivity contribution >= 4 is 81.7 Å². The number of rotatable bonds is 4. The fourth-order valence-corrected chi connectivity index (χ4v) is 4.16. The summed E-state index contributed by atoms with van der Waals surface area (Å²) in [4.78, 5) is 24.7. The summed E-state index contributed by atoms with van der Waals surface area (Å²) in [6.07, 6.45) is 8.80. The summed E-state index contributed by atoms with van der Waals surface area (Å²) in [6, 6.07) is -0.389. The highest BCUT2D eigenvalue weighted by Crippen LogP contribution is 2.31. The lowest BCUT2D eigenvalue weighted by Gasteiger charge is -2.40. The quantitative estimate of drug-likeness (QED) is 0.245. The Kier molecular flexibility index (Phi) is 13.2. The molecule has 2 unspecified atom stereocenters. The first-order valence-electron chi connectivity index (χ1n) is 10.4. The minimum Gasteiger partial charge on any atom is -0.369 e. The molecule has 0 heterocycles. The van der Waals surface area contributed by atoms with Crippen molar-refractivity contribution < 1.29 is 19.8 Å². The van der Waals surface area contributed by atoms with Gasteiger partial charge in [-0.2, -0.15) is 0 Å². The van der Waals surface area contributed by atoms with Gasteiger partial charge in [0.2, 0.25) is 7.59 Å². The van der Waals surface area contributed by atoms with Crippen LogP contribution >= 0.6 is 69.6 Å². The van der Waals surface area contributed by atoms with Crippen molar-refractivity contribution in [2.24, 2.45) is 5.73 Å². The van der Waals surface area contributed by atoms with Crippen molar-refractivity contribution in [3.8, 4) is 0 Å². The largest absolute Gasteiger partial charge is 0.369 e. The molecule has 2 aliphatic rings. The highest BCUT2D eigenvalue weighted by Gasteiger charge is 2.35. The second-order valence-electron chi connectivity index (χ2n) is 7.84. The van der Waals surface area contributed by atoms with E-state index in [1.807, 2.05) is 4.90 Å². The number of carbonyl (C=O) groups is 2. The summed E-state index contributed by atoms with van der Waals surface area (Å²) in [5.74, 6) is 0. The second kappa shape index (κ2) is 13.9. The number of urea groups is 2. The Morgan fingerprint density at radius 1 is 0.750 bits per heavy atom. The third-order valence-corrected chi connectivity index (χ3v) is 6.59. The summed E-state index contributed by atoms with van der Waals surface area (Å²) in [6.45, 7) is 0. The predicted molar refractivity (Wildman–Crippen MR) is 129 cm³/mol. The standard InChI is InChI=1S/C13H24N2O.C5H6Cl6N2O3/c14-13(16)15(11-7-3-1-4-8-11)12-9-5-2-6-10-12;6-4(7,8)1(14)12-3(16)13-2(15)5(9,10)11/h11-12H,1-10H2,(H2,14,16);1-2,14-15H,(H2,12,13,16). The maximum Gasteiger partial charge on any atom is 0.319 e. The van der Waals surface area contributed by atoms with Crippen LogP contribution in [0.25, 0.3) is 0 Å². The van der Waals surface area contributed by atoms with Crippen LogP contribution in [0, 0.1) is 0 Å². The van der Waals surface area contributed by atoms with Gasteiger partial charge in [0.25, 0.3) is 0 Å². The van der Waals surface area contributed by atoms with Gasteiger partial charge in [-0.3, -0.25) is 0 Å². The predicted octanol–water partition coefficient (Wildman–Crippen LogP) is 4.70. The fourth-order valence-electron chi connectivity index (χ4n) is 3.83. The number of hydrogen-bond acceptors (Lipinski definition) is 4. The van der Waals surface area contributed by atoms with Crippen LogP contribution in [0.5, 0.6) is 0 Å². The van der Waals surface area contributed by atoms with E-state index in [-0.39, 0.29) is 6.03 Å². The molecule has 14 heteroatoms. The minimum atomic E-state index is -2.12. The number of alkyl halides is 6. The molecule has 188 valence electrons. The second-order valence-corrected chi connectivity index (χ2v) is 12.6. The number of nitrogens with zero attached hydrogens (tertiary/aromatic N) is 1. The van der Waals surface area contributed by atoms with E-state index in [9.17, 15) is 9.59 Å². The number of hydrogen-bond donors (Lipinski definition) is 5. The van der Waals surface area contributed by atoms with Gasteiger partial charge in [0.15, 0.2) is 12.5 Å². The molecule has 0 saturated heterocycles. The number of halogens is 6. The molecule has 0 bridgehead atoms. The van der Waals surface area contributed by atoms with Crippen LogP contribution in [-0.4, -0.2) is 59.3 Å². The molecule has 2 rings (SSSR count). The molecule has 0 aromatic rings. The third-order valence-electron chi connectivity index (χ3n) is 5.35. The average molecular weight is 579 g/mol. The molecule has 2 fully saturated rings. The summed E-state index contributed by atoms with van der Waals surface area (Å²) in [5.41, 5.74) is 5.59. The van der Waals surface area contributed by atoms with Gasteiger partial charge in [-0.1, -0.05) is 108 Å². The monoisotopic (exact) mass is 576 g/mol. The number of aliphatic hydroxyl groups excluding tert-OH is 2. The van der Waals surface area contributed by atoms with E-state index in [4.69, 9.17) is 85.6 Å². The number of amides is 4. The van der Waals surface area contributed by atoms with E-state index in [2.05, 4.69) is 0 Å². The van der Waals surface area contributed by atoms with Gasteiger partial charge in [0.1, 0.15) is 0 Å². The lowest BCUT2D eigenvalue weighted by atomic mass is 9.89. The Bertz CT molecular complexity index is 551. The van der Waals surface area contributed by atoms with Crippen molar-refractivity contribution in [2.75, 3.05) is 0 Å². The van der Waals surface area contributed by atoms with Crippen LogP contribution in [0.15, 0.2) is 0 Å². The molecule has 0 aliphatic heterocycles. The van der Waals surface area contributed by atoms with Gasteiger partial charge >= 0.3 is 12.1 Å². The van der Waals surface area contributed by atoms with Crippen molar-refractivity contribution in [1.29, 1.82) is 0 Å².